The first-order valence-corrected chi connectivity index (χ1v) is 10.3. The molecule has 0 spiro atoms. The van der Waals surface area contributed by atoms with Crippen molar-refractivity contribution in [3.63, 3.8) is 0 Å². The van der Waals surface area contributed by atoms with Crippen LogP contribution in [0.3, 0.4) is 0 Å². The Morgan fingerprint density at radius 2 is 1.83 bits per heavy atom. The molecule has 0 saturated carbocycles. The van der Waals surface area contributed by atoms with Gasteiger partial charge in [0.2, 0.25) is 0 Å². The number of anilines is 2. The molecule has 1 aliphatic rings. The van der Waals surface area contributed by atoms with Gasteiger partial charge in [0.25, 0.3) is 5.91 Å². The highest BCUT2D eigenvalue weighted by atomic mass is 16.1. The molecule has 0 radical (unpaired) electrons. The van der Waals surface area contributed by atoms with Crippen molar-refractivity contribution in [3.05, 3.63) is 102 Å². The SMILES string of the molecule is O=C(NCCC1=CCCC=C1)c1cccc(Nc2ccc(-c3ccccc3)cn2)c1. The number of benzene rings is 2. The summed E-state index contributed by atoms with van der Waals surface area (Å²) in [6.45, 7) is 0.634. The van der Waals surface area contributed by atoms with Gasteiger partial charge in [-0.05, 0) is 55.2 Å². The van der Waals surface area contributed by atoms with Crippen LogP contribution in [0.15, 0.2) is 96.7 Å². The first-order chi connectivity index (χ1) is 14.8. The van der Waals surface area contributed by atoms with E-state index in [2.05, 4.69) is 46.0 Å². The Kier molecular flexibility index (Phi) is 6.35. The number of hydrogen-bond donors (Lipinski definition) is 2. The number of allylic oxidation sites excluding steroid dienone is 3. The number of pyridine rings is 1. The van der Waals surface area contributed by atoms with Crippen LogP contribution in [0.2, 0.25) is 0 Å². The van der Waals surface area contributed by atoms with Gasteiger partial charge in [0, 0.05) is 29.6 Å². The molecule has 150 valence electrons. The lowest BCUT2D eigenvalue weighted by Gasteiger charge is -2.10. The van der Waals surface area contributed by atoms with Crippen LogP contribution in [0.25, 0.3) is 11.1 Å². The van der Waals surface area contributed by atoms with E-state index in [9.17, 15) is 4.79 Å². The highest BCUT2D eigenvalue weighted by molar-refractivity contribution is 5.95. The first-order valence-electron chi connectivity index (χ1n) is 10.3. The fourth-order valence-electron chi connectivity index (χ4n) is 3.43. The summed E-state index contributed by atoms with van der Waals surface area (Å²) in [6.07, 6.45) is 11.5. The summed E-state index contributed by atoms with van der Waals surface area (Å²) in [5, 5.41) is 6.28. The Balaban J connectivity index is 1.35. The van der Waals surface area contributed by atoms with E-state index in [1.807, 2.05) is 60.8 Å². The number of hydrogen-bond acceptors (Lipinski definition) is 3. The summed E-state index contributed by atoms with van der Waals surface area (Å²) < 4.78 is 0. The fourth-order valence-corrected chi connectivity index (χ4v) is 3.43. The van der Waals surface area contributed by atoms with Gasteiger partial charge >= 0.3 is 0 Å². The van der Waals surface area contributed by atoms with Crippen LogP contribution < -0.4 is 10.6 Å². The van der Waals surface area contributed by atoms with E-state index in [1.165, 1.54) is 5.57 Å². The van der Waals surface area contributed by atoms with Gasteiger partial charge in [-0.3, -0.25) is 4.79 Å². The average Bonchev–Trinajstić information content (AvgIpc) is 2.81. The van der Waals surface area contributed by atoms with E-state index in [4.69, 9.17) is 0 Å². The maximum Gasteiger partial charge on any atom is 0.251 e. The second kappa shape index (κ2) is 9.70. The van der Waals surface area contributed by atoms with E-state index < -0.39 is 0 Å². The van der Waals surface area contributed by atoms with E-state index in [0.717, 1.165) is 41.9 Å². The molecule has 2 N–H and O–H groups in total. The molecule has 1 aromatic heterocycles. The molecule has 4 nitrogen and oxygen atoms in total. The molecule has 0 atom stereocenters. The number of nitrogens with one attached hydrogen (secondary N) is 2. The van der Waals surface area contributed by atoms with Gasteiger partial charge in [0.15, 0.2) is 0 Å². The van der Waals surface area contributed by atoms with E-state index in [1.54, 1.807) is 0 Å². The van der Waals surface area contributed by atoms with Gasteiger partial charge in [-0.1, -0.05) is 60.2 Å². The lowest BCUT2D eigenvalue weighted by Crippen LogP contribution is -2.24. The third kappa shape index (κ3) is 5.23. The van der Waals surface area contributed by atoms with Gasteiger partial charge in [0.05, 0.1) is 0 Å². The zero-order valence-corrected chi connectivity index (χ0v) is 16.8. The Labute approximate surface area is 177 Å². The quantitative estimate of drug-likeness (QED) is 0.524. The Morgan fingerprint density at radius 1 is 0.933 bits per heavy atom. The van der Waals surface area contributed by atoms with Crippen LogP contribution in [0.1, 0.15) is 29.6 Å². The molecule has 30 heavy (non-hydrogen) atoms. The van der Waals surface area contributed by atoms with Crippen LogP contribution >= 0.6 is 0 Å². The normalized spacial score (nSPS) is 12.9. The summed E-state index contributed by atoms with van der Waals surface area (Å²) in [7, 11) is 0. The standard InChI is InChI=1S/C26H25N3O/c30-26(27-17-16-20-8-3-1-4-9-20)22-12-7-13-24(18-22)29-25-15-14-23(19-28-25)21-10-5-2-6-11-21/h2-3,5-15,18-19H,1,4,16-17H2,(H,27,30)(H,28,29). The van der Waals surface area contributed by atoms with Gasteiger partial charge < -0.3 is 10.6 Å². The van der Waals surface area contributed by atoms with Crippen molar-refractivity contribution < 1.29 is 4.79 Å². The lowest BCUT2D eigenvalue weighted by atomic mass is 10.0. The van der Waals surface area contributed by atoms with Crippen molar-refractivity contribution in [2.75, 3.05) is 11.9 Å². The molecule has 3 aromatic rings. The summed E-state index contributed by atoms with van der Waals surface area (Å²) in [4.78, 5) is 17.0. The number of nitrogens with zero attached hydrogens (tertiary/aromatic N) is 1. The lowest BCUT2D eigenvalue weighted by molar-refractivity contribution is 0.0954. The zero-order chi connectivity index (χ0) is 20.6. The molecular formula is C26H25N3O. The van der Waals surface area contributed by atoms with Crippen LogP contribution in [-0.2, 0) is 0 Å². The largest absolute Gasteiger partial charge is 0.352 e. The molecular weight excluding hydrogens is 370 g/mol. The third-order valence-electron chi connectivity index (χ3n) is 5.04. The van der Waals surface area contributed by atoms with Crippen molar-refractivity contribution in [2.24, 2.45) is 0 Å². The van der Waals surface area contributed by atoms with Gasteiger partial charge in [-0.2, -0.15) is 0 Å². The highest BCUT2D eigenvalue weighted by Gasteiger charge is 2.07. The van der Waals surface area contributed by atoms with Crippen molar-refractivity contribution in [3.8, 4) is 11.1 Å². The summed E-state index contributed by atoms with van der Waals surface area (Å²) in [5.41, 5.74) is 4.96. The molecule has 0 aliphatic heterocycles. The predicted octanol–water partition coefficient (Wildman–Crippen LogP) is 5.89. The van der Waals surface area contributed by atoms with E-state index >= 15 is 0 Å². The Hall–Kier alpha value is -3.66. The first kappa shape index (κ1) is 19.6. The van der Waals surface area contributed by atoms with Crippen molar-refractivity contribution in [2.45, 2.75) is 19.3 Å². The minimum atomic E-state index is -0.0635. The molecule has 1 heterocycles. The zero-order valence-electron chi connectivity index (χ0n) is 16.8. The molecule has 1 aliphatic carbocycles. The molecule has 4 rings (SSSR count). The molecule has 0 fully saturated rings. The molecule has 4 heteroatoms. The van der Waals surface area contributed by atoms with Crippen LogP contribution in [0.4, 0.5) is 11.5 Å². The highest BCUT2D eigenvalue weighted by Crippen LogP contribution is 2.21. The minimum Gasteiger partial charge on any atom is -0.352 e. The third-order valence-corrected chi connectivity index (χ3v) is 5.04. The van der Waals surface area contributed by atoms with Crippen molar-refractivity contribution >= 4 is 17.4 Å². The Bertz CT molecular complexity index is 1050. The summed E-state index contributed by atoms with van der Waals surface area (Å²) in [6, 6.07) is 21.6. The number of amides is 1. The van der Waals surface area contributed by atoms with E-state index in [-0.39, 0.29) is 5.91 Å². The van der Waals surface area contributed by atoms with Crippen LogP contribution in [0, 0.1) is 0 Å². The second-order valence-electron chi connectivity index (χ2n) is 7.27. The minimum absolute atomic E-state index is 0.0635. The smallest absolute Gasteiger partial charge is 0.251 e. The maximum atomic E-state index is 12.5. The maximum absolute atomic E-state index is 12.5. The summed E-state index contributed by atoms with van der Waals surface area (Å²) in [5.74, 6) is 0.676. The monoisotopic (exact) mass is 395 g/mol. The molecule has 0 unspecified atom stereocenters. The van der Waals surface area contributed by atoms with Gasteiger partial charge in [-0.25, -0.2) is 4.98 Å². The van der Waals surface area contributed by atoms with Gasteiger partial charge in [0.1, 0.15) is 5.82 Å². The Morgan fingerprint density at radius 3 is 2.60 bits per heavy atom. The molecule has 1 amide bonds. The second-order valence-corrected chi connectivity index (χ2v) is 7.27. The summed E-state index contributed by atoms with van der Waals surface area (Å²) >= 11 is 0. The van der Waals surface area contributed by atoms with Gasteiger partial charge in [-0.15, -0.1) is 0 Å². The number of carbonyl (C=O) groups is 1. The topological polar surface area (TPSA) is 54.0 Å². The number of carbonyl (C=O) groups excluding carboxylic acids is 1. The molecule has 0 saturated heterocycles. The van der Waals surface area contributed by atoms with E-state index in [0.29, 0.717) is 12.1 Å². The van der Waals surface area contributed by atoms with Crippen LogP contribution in [0.5, 0.6) is 0 Å². The number of rotatable bonds is 7. The van der Waals surface area contributed by atoms with Crippen LogP contribution in [-0.4, -0.2) is 17.4 Å². The predicted molar refractivity (Wildman–Crippen MR) is 123 cm³/mol. The molecule has 0 bridgehead atoms. The number of aromatic nitrogens is 1. The molecule has 2 aromatic carbocycles. The average molecular weight is 396 g/mol. The van der Waals surface area contributed by atoms with Crippen molar-refractivity contribution in [1.29, 1.82) is 0 Å². The van der Waals surface area contributed by atoms with Crippen molar-refractivity contribution in [1.82, 2.24) is 10.3 Å². The fraction of sp³-hybridized carbons (Fsp3) is 0.154.